The molecule has 0 saturated carbocycles. The molecule has 3 aromatic heterocycles. The van der Waals surface area contributed by atoms with Crippen molar-refractivity contribution in [3.63, 3.8) is 0 Å². The van der Waals surface area contributed by atoms with Crippen LogP contribution < -0.4 is 26.4 Å². The second-order valence-corrected chi connectivity index (χ2v) is 15.4. The van der Waals surface area contributed by atoms with Gasteiger partial charge in [-0.2, -0.15) is 19.5 Å². The van der Waals surface area contributed by atoms with Gasteiger partial charge in [-0.05, 0) is 81.5 Å². The van der Waals surface area contributed by atoms with E-state index in [0.29, 0.717) is 31.0 Å². The maximum absolute atomic E-state index is 13.3. The number of furan rings is 1. The van der Waals surface area contributed by atoms with Crippen molar-refractivity contribution in [3.8, 4) is 17.3 Å². The number of alkyl carbamates (subject to hydrolysis) is 1. The fourth-order valence-electron chi connectivity index (χ4n) is 4.97. The minimum Gasteiger partial charge on any atom is -0.506 e. The highest BCUT2D eigenvalue weighted by Gasteiger charge is 2.30. The Kier molecular flexibility index (Phi) is 11.6. The van der Waals surface area contributed by atoms with Crippen LogP contribution in [0, 0.1) is 5.92 Å². The maximum Gasteiger partial charge on any atom is 0.408 e. The Hall–Kier alpha value is -5.95. The molecule has 18 nitrogen and oxygen atoms in total. The number of nitrogens with one attached hydrogen (secondary N) is 4. The number of hydrogen-bond donors (Lipinski definition) is 6. The van der Waals surface area contributed by atoms with E-state index in [1.165, 1.54) is 10.8 Å². The predicted octanol–water partition coefficient (Wildman–Crippen LogP) is 4.37. The molecule has 54 heavy (non-hydrogen) atoms. The van der Waals surface area contributed by atoms with Crippen LogP contribution in [0.1, 0.15) is 57.0 Å². The molecule has 286 valence electrons. The Balaban J connectivity index is 1.18. The lowest BCUT2D eigenvalue weighted by Gasteiger charge is -2.25. The van der Waals surface area contributed by atoms with Crippen LogP contribution in [0.25, 0.3) is 17.4 Å². The number of amides is 3. The van der Waals surface area contributed by atoms with E-state index in [0.717, 1.165) is 17.7 Å². The molecule has 0 fully saturated rings. The van der Waals surface area contributed by atoms with E-state index in [-0.39, 0.29) is 23.4 Å². The zero-order valence-electron chi connectivity index (χ0n) is 29.9. The molecule has 0 saturated heterocycles. The predicted molar refractivity (Wildman–Crippen MR) is 198 cm³/mol. The second kappa shape index (κ2) is 16.0. The van der Waals surface area contributed by atoms with E-state index in [2.05, 4.69) is 40.7 Å². The van der Waals surface area contributed by atoms with Crippen molar-refractivity contribution in [1.82, 2.24) is 35.2 Å². The number of phenols is 1. The zero-order valence-corrected chi connectivity index (χ0v) is 31.4. The van der Waals surface area contributed by atoms with Crippen molar-refractivity contribution in [2.24, 2.45) is 5.92 Å². The van der Waals surface area contributed by atoms with Gasteiger partial charge in [0.1, 0.15) is 17.4 Å². The Labute approximate surface area is 314 Å². The lowest BCUT2D eigenvalue weighted by molar-refractivity contribution is -0.123. The summed E-state index contributed by atoms with van der Waals surface area (Å²) in [7, 11) is -4.33. The van der Waals surface area contributed by atoms with E-state index in [9.17, 15) is 27.9 Å². The number of nitrogen functional groups attached to an aromatic ring is 1. The molecular formula is C34H39ClN10O8S. The first-order valence-corrected chi connectivity index (χ1v) is 18.4. The molecule has 3 heterocycles. The number of rotatable bonds is 13. The molecule has 0 aliphatic carbocycles. The number of phenolic OH excluding ortho intramolecular Hbond substituents is 1. The van der Waals surface area contributed by atoms with Crippen molar-refractivity contribution >= 4 is 62.9 Å². The first-order chi connectivity index (χ1) is 25.4. The molecule has 1 atom stereocenters. The van der Waals surface area contributed by atoms with Crippen LogP contribution in [-0.4, -0.2) is 74.2 Å². The molecule has 1 unspecified atom stereocenters. The fourth-order valence-corrected chi connectivity index (χ4v) is 6.36. The van der Waals surface area contributed by atoms with Crippen molar-refractivity contribution in [1.29, 1.82) is 0 Å². The number of anilines is 3. The van der Waals surface area contributed by atoms with Gasteiger partial charge in [0, 0.05) is 12.2 Å². The quantitative estimate of drug-likeness (QED) is 0.0907. The maximum atomic E-state index is 13.3. The first-order valence-electron chi connectivity index (χ1n) is 16.6. The van der Waals surface area contributed by atoms with Gasteiger partial charge in [-0.1, -0.05) is 37.6 Å². The van der Waals surface area contributed by atoms with Gasteiger partial charge in [-0.25, -0.2) is 13.2 Å². The molecule has 5 aromatic rings. The van der Waals surface area contributed by atoms with Crippen LogP contribution in [0.5, 0.6) is 5.75 Å². The smallest absolute Gasteiger partial charge is 0.408 e. The number of nitrogens with zero attached hydrogens (tertiary/aromatic N) is 5. The number of benzene rings is 2. The molecule has 5 rings (SSSR count). The number of ether oxygens (including phenoxy) is 1. The number of carbonyl (C=O) groups is 3. The fraction of sp³-hybridized carbons (Fsp3) is 0.324. The van der Waals surface area contributed by atoms with Gasteiger partial charge >= 0.3 is 6.09 Å². The van der Waals surface area contributed by atoms with E-state index < -0.39 is 66.7 Å². The highest BCUT2D eigenvalue weighted by molar-refractivity contribution is 7.92. The van der Waals surface area contributed by atoms with Crippen LogP contribution >= 0.6 is 11.6 Å². The summed E-state index contributed by atoms with van der Waals surface area (Å²) in [6.07, 6.45) is 1.92. The van der Waals surface area contributed by atoms with Crippen molar-refractivity contribution in [2.75, 3.05) is 22.3 Å². The number of sulfonamides is 1. The summed E-state index contributed by atoms with van der Waals surface area (Å²) in [5.74, 6) is -1.85. The van der Waals surface area contributed by atoms with E-state index >= 15 is 0 Å². The van der Waals surface area contributed by atoms with Gasteiger partial charge < -0.3 is 30.6 Å². The largest absolute Gasteiger partial charge is 0.506 e. The molecule has 2 aromatic carbocycles. The molecule has 0 radical (unpaired) electrons. The van der Waals surface area contributed by atoms with E-state index in [1.54, 1.807) is 71.0 Å². The van der Waals surface area contributed by atoms with Crippen LogP contribution in [0.15, 0.2) is 64.1 Å². The van der Waals surface area contributed by atoms with Gasteiger partial charge in [0.15, 0.2) is 5.76 Å². The monoisotopic (exact) mass is 782 g/mol. The second-order valence-electron chi connectivity index (χ2n) is 13.4. The summed E-state index contributed by atoms with van der Waals surface area (Å²) in [6.45, 7) is 8.71. The van der Waals surface area contributed by atoms with E-state index in [4.69, 9.17) is 26.5 Å². The Morgan fingerprint density at radius 2 is 1.80 bits per heavy atom. The third-order valence-electron chi connectivity index (χ3n) is 7.56. The highest BCUT2D eigenvalue weighted by atomic mass is 35.5. The van der Waals surface area contributed by atoms with Crippen molar-refractivity contribution in [3.05, 3.63) is 70.9 Å². The molecule has 0 aliphatic rings. The van der Waals surface area contributed by atoms with Gasteiger partial charge in [-0.3, -0.25) is 19.6 Å². The zero-order chi connectivity index (χ0) is 39.4. The number of nitrogens with two attached hydrogens (primary N) is 1. The lowest BCUT2D eigenvalue weighted by Crippen LogP contribution is -2.52. The number of halogens is 1. The van der Waals surface area contributed by atoms with E-state index in [1.807, 2.05) is 0 Å². The van der Waals surface area contributed by atoms with Crippen LogP contribution in [0.2, 0.25) is 5.02 Å². The first kappa shape index (κ1) is 39.3. The number of imide groups is 1. The molecule has 0 spiro atoms. The summed E-state index contributed by atoms with van der Waals surface area (Å²) < 4.78 is 40.9. The minimum absolute atomic E-state index is 0.0967. The van der Waals surface area contributed by atoms with Gasteiger partial charge in [0.25, 0.3) is 21.7 Å². The topological polar surface area (TPSA) is 258 Å². The number of aromatic hydroxyl groups is 1. The van der Waals surface area contributed by atoms with Crippen LogP contribution in [0.3, 0.4) is 0 Å². The van der Waals surface area contributed by atoms with Gasteiger partial charge in [0.05, 0.1) is 21.7 Å². The standard InChI is InChI=1S/C34H39ClN10O8S/c1-18(2)25(38-33(49)53-34(3,4)5)29(48)40-28(47)22-16-21(17-23(35)26(22)46)54(50,51)44-20-12-10-19(11-13-20)8-6-14-37-31-41-30(36)45-32(42-31)39-27(43-45)24-9-7-15-52-24/h7,9-13,15-18,25,44,46H,6,8,14H2,1-5H3,(H,38,49)(H,40,47,48)(H3,36,37,39,41,42,43). The molecule has 7 N–H and O–H groups in total. The highest BCUT2D eigenvalue weighted by Crippen LogP contribution is 2.32. The average molecular weight is 783 g/mol. The van der Waals surface area contributed by atoms with Crippen molar-refractivity contribution < 1.29 is 37.1 Å². The minimum atomic E-state index is -4.33. The SMILES string of the molecule is CC(C)C(NC(=O)OC(C)(C)C)C(=O)NC(=O)c1cc(S(=O)(=O)Nc2ccc(CCCNc3nc(N)n4nc(-c5ccco5)nc4n3)cc2)cc(Cl)c1O. The Morgan fingerprint density at radius 1 is 1.07 bits per heavy atom. The van der Waals surface area contributed by atoms with Crippen LogP contribution in [-0.2, 0) is 26.0 Å². The summed E-state index contributed by atoms with van der Waals surface area (Å²) >= 11 is 6.12. The number of aryl methyl sites for hydroxylation is 1. The van der Waals surface area contributed by atoms with Crippen molar-refractivity contribution in [2.45, 2.75) is 64.0 Å². The Morgan fingerprint density at radius 3 is 2.44 bits per heavy atom. The number of fused-ring (bicyclic) bond motifs is 1. The van der Waals surface area contributed by atoms with Gasteiger partial charge in [0.2, 0.25) is 23.6 Å². The number of hydrogen-bond acceptors (Lipinski definition) is 14. The lowest BCUT2D eigenvalue weighted by atomic mass is 10.0. The summed E-state index contributed by atoms with van der Waals surface area (Å²) in [6, 6.07) is 10.7. The third kappa shape index (κ3) is 9.72. The molecule has 3 amide bonds. The van der Waals surface area contributed by atoms with Gasteiger partial charge in [-0.15, -0.1) is 5.10 Å². The summed E-state index contributed by atoms with van der Waals surface area (Å²) in [4.78, 5) is 50.8. The Bertz CT molecular complexity index is 2270. The number of aromatic nitrogens is 5. The molecule has 20 heteroatoms. The number of carbonyl (C=O) groups excluding carboxylic acids is 3. The average Bonchev–Trinajstić information content (AvgIpc) is 3.77. The normalized spacial score (nSPS) is 12.4. The molecular weight excluding hydrogens is 744 g/mol. The molecule has 0 bridgehead atoms. The third-order valence-corrected chi connectivity index (χ3v) is 9.21. The summed E-state index contributed by atoms with van der Waals surface area (Å²) in [5, 5.41) is 22.0. The molecule has 0 aliphatic heterocycles. The summed E-state index contributed by atoms with van der Waals surface area (Å²) in [5.41, 5.74) is 5.76. The van der Waals surface area contributed by atoms with Crippen LogP contribution in [0.4, 0.5) is 22.4 Å².